The van der Waals surface area contributed by atoms with Gasteiger partial charge in [-0.3, -0.25) is 10.1 Å². The molecule has 2 aliphatic heterocycles. The molecule has 3 nitrogen and oxygen atoms in total. The van der Waals surface area contributed by atoms with E-state index in [-0.39, 0.29) is 11.9 Å². The molecule has 1 N–H and O–H groups in total. The van der Waals surface area contributed by atoms with Gasteiger partial charge in [0.2, 0.25) is 5.91 Å². The van der Waals surface area contributed by atoms with Crippen LogP contribution in [0.15, 0.2) is 48.6 Å². The normalized spacial score (nSPS) is 22.4. The summed E-state index contributed by atoms with van der Waals surface area (Å²) < 4.78 is 0. The molecule has 19 heavy (non-hydrogen) atoms. The van der Waals surface area contributed by atoms with Gasteiger partial charge >= 0.3 is 0 Å². The summed E-state index contributed by atoms with van der Waals surface area (Å²) in [5, 5.41) is 3.17. The van der Waals surface area contributed by atoms with Crippen LogP contribution >= 0.6 is 0 Å². The molecule has 0 aromatic heterocycles. The quantitative estimate of drug-likeness (QED) is 0.817. The molecular formula is C16H18N2O. The number of hydrogen-bond acceptors (Lipinski definition) is 2. The molecule has 0 saturated carbocycles. The van der Waals surface area contributed by atoms with E-state index < -0.39 is 0 Å². The van der Waals surface area contributed by atoms with E-state index in [1.54, 1.807) is 0 Å². The van der Waals surface area contributed by atoms with E-state index in [4.69, 9.17) is 0 Å². The van der Waals surface area contributed by atoms with Crippen molar-refractivity contribution in [2.24, 2.45) is 0 Å². The highest BCUT2D eigenvalue weighted by molar-refractivity contribution is 5.85. The summed E-state index contributed by atoms with van der Waals surface area (Å²) in [4.78, 5) is 14.2. The summed E-state index contributed by atoms with van der Waals surface area (Å²) in [7, 11) is 0. The summed E-state index contributed by atoms with van der Waals surface area (Å²) in [5.41, 5.74) is 2.62. The molecule has 1 aromatic rings. The minimum atomic E-state index is -0.119. The number of rotatable bonds is 2. The second kappa shape index (κ2) is 5.41. The minimum Gasteiger partial charge on any atom is -0.337 e. The van der Waals surface area contributed by atoms with E-state index in [9.17, 15) is 4.79 Å². The van der Waals surface area contributed by atoms with Crippen LogP contribution in [0.4, 0.5) is 0 Å². The average molecular weight is 254 g/mol. The third kappa shape index (κ3) is 2.61. The zero-order valence-corrected chi connectivity index (χ0v) is 10.9. The minimum absolute atomic E-state index is 0.119. The highest BCUT2D eigenvalue weighted by Gasteiger charge is 2.24. The number of amides is 1. The van der Waals surface area contributed by atoms with Crippen molar-refractivity contribution in [1.82, 2.24) is 10.2 Å². The second-order valence-corrected chi connectivity index (χ2v) is 4.94. The molecule has 1 amide bonds. The fraction of sp³-hybridized carbons (Fsp3) is 0.312. The maximum Gasteiger partial charge on any atom is 0.243 e. The smallest absolute Gasteiger partial charge is 0.243 e. The Labute approximate surface area is 113 Å². The van der Waals surface area contributed by atoms with Gasteiger partial charge in [-0.25, -0.2) is 0 Å². The average Bonchev–Trinajstić information content (AvgIpc) is 3.02. The highest BCUT2D eigenvalue weighted by atomic mass is 16.2. The Bertz CT molecular complexity index is 519. The van der Waals surface area contributed by atoms with Crippen LogP contribution in [0.5, 0.6) is 0 Å². The van der Waals surface area contributed by atoms with E-state index in [1.165, 1.54) is 11.1 Å². The lowest BCUT2D eigenvalue weighted by atomic mass is 9.99. The van der Waals surface area contributed by atoms with Gasteiger partial charge in [-0.2, -0.15) is 0 Å². The van der Waals surface area contributed by atoms with E-state index in [0.29, 0.717) is 0 Å². The molecule has 98 valence electrons. The van der Waals surface area contributed by atoms with Gasteiger partial charge in [-0.1, -0.05) is 48.6 Å². The topological polar surface area (TPSA) is 32.3 Å². The first-order valence-electron chi connectivity index (χ1n) is 6.78. The van der Waals surface area contributed by atoms with Gasteiger partial charge in [0.1, 0.15) is 6.04 Å². The zero-order valence-electron chi connectivity index (χ0n) is 10.9. The summed E-state index contributed by atoms with van der Waals surface area (Å²) in [5.74, 6) is 0.192. The van der Waals surface area contributed by atoms with Gasteiger partial charge in [-0.15, -0.1) is 0 Å². The third-order valence-electron chi connectivity index (χ3n) is 3.72. The van der Waals surface area contributed by atoms with Crippen LogP contribution in [-0.4, -0.2) is 36.5 Å². The van der Waals surface area contributed by atoms with Crippen molar-refractivity contribution in [3.05, 3.63) is 54.1 Å². The first kappa shape index (κ1) is 12.2. The fourth-order valence-electron chi connectivity index (χ4n) is 2.62. The Morgan fingerprint density at radius 2 is 2.11 bits per heavy atom. The molecule has 1 atom stereocenters. The van der Waals surface area contributed by atoms with Crippen molar-refractivity contribution in [1.29, 1.82) is 0 Å². The zero-order chi connectivity index (χ0) is 13.1. The van der Waals surface area contributed by atoms with Crippen LogP contribution in [0.3, 0.4) is 0 Å². The third-order valence-corrected chi connectivity index (χ3v) is 3.72. The summed E-state index contributed by atoms with van der Waals surface area (Å²) >= 11 is 0. The molecule has 1 aromatic carbocycles. The fourth-order valence-corrected chi connectivity index (χ4v) is 2.62. The van der Waals surface area contributed by atoms with Crippen LogP contribution in [0.2, 0.25) is 0 Å². The number of nitrogens with zero attached hydrogens (tertiary/aromatic N) is 1. The predicted molar refractivity (Wildman–Crippen MR) is 76.5 cm³/mol. The van der Waals surface area contributed by atoms with E-state index in [2.05, 4.69) is 35.7 Å². The SMILES string of the molecule is O=C([C@H]1C=CCN1)N1CC=C(c2ccccc2)CC1. The maximum absolute atomic E-state index is 12.2. The lowest BCUT2D eigenvalue weighted by Gasteiger charge is -2.28. The van der Waals surface area contributed by atoms with E-state index >= 15 is 0 Å². The predicted octanol–water partition coefficient (Wildman–Crippen LogP) is 1.83. The molecule has 0 radical (unpaired) electrons. The van der Waals surface area contributed by atoms with Crippen LogP contribution in [0.1, 0.15) is 12.0 Å². The standard InChI is InChI=1S/C16H18N2O/c19-16(15-7-4-10-17-15)18-11-8-14(9-12-18)13-5-2-1-3-6-13/h1-8,15,17H,9-12H2/t15-/m1/s1. The Kier molecular flexibility index (Phi) is 3.47. The van der Waals surface area contributed by atoms with Crippen molar-refractivity contribution in [3.8, 4) is 0 Å². The van der Waals surface area contributed by atoms with Crippen molar-refractivity contribution in [2.75, 3.05) is 19.6 Å². The highest BCUT2D eigenvalue weighted by Crippen LogP contribution is 2.22. The summed E-state index contributed by atoms with van der Waals surface area (Å²) in [6.45, 7) is 2.33. The van der Waals surface area contributed by atoms with Crippen LogP contribution < -0.4 is 5.32 Å². The van der Waals surface area contributed by atoms with Crippen molar-refractivity contribution < 1.29 is 4.79 Å². The first-order valence-corrected chi connectivity index (χ1v) is 6.78. The molecule has 0 saturated heterocycles. The Hall–Kier alpha value is -1.87. The number of hydrogen-bond donors (Lipinski definition) is 1. The Balaban J connectivity index is 1.66. The number of carbonyl (C=O) groups is 1. The van der Waals surface area contributed by atoms with Crippen LogP contribution in [-0.2, 0) is 4.79 Å². The van der Waals surface area contributed by atoms with E-state index in [0.717, 1.165) is 26.1 Å². The lowest BCUT2D eigenvalue weighted by Crippen LogP contribution is -2.45. The van der Waals surface area contributed by atoms with Crippen molar-refractivity contribution in [2.45, 2.75) is 12.5 Å². The molecule has 0 unspecified atom stereocenters. The van der Waals surface area contributed by atoms with Gasteiger partial charge in [0, 0.05) is 19.6 Å². The van der Waals surface area contributed by atoms with Gasteiger partial charge in [-0.05, 0) is 17.6 Å². The van der Waals surface area contributed by atoms with Crippen molar-refractivity contribution in [3.63, 3.8) is 0 Å². The largest absolute Gasteiger partial charge is 0.337 e. The molecule has 0 aliphatic carbocycles. The molecule has 0 spiro atoms. The van der Waals surface area contributed by atoms with Crippen LogP contribution in [0, 0.1) is 0 Å². The van der Waals surface area contributed by atoms with Gasteiger partial charge < -0.3 is 4.90 Å². The first-order chi connectivity index (χ1) is 9.34. The van der Waals surface area contributed by atoms with E-state index in [1.807, 2.05) is 23.1 Å². The van der Waals surface area contributed by atoms with Crippen LogP contribution in [0.25, 0.3) is 5.57 Å². The number of carbonyl (C=O) groups excluding carboxylic acids is 1. The lowest BCUT2D eigenvalue weighted by molar-refractivity contribution is -0.131. The van der Waals surface area contributed by atoms with Gasteiger partial charge in [0.05, 0.1) is 0 Å². The molecule has 0 bridgehead atoms. The Morgan fingerprint density at radius 1 is 1.26 bits per heavy atom. The van der Waals surface area contributed by atoms with Crippen molar-refractivity contribution >= 4 is 11.5 Å². The second-order valence-electron chi connectivity index (χ2n) is 4.94. The molecule has 3 rings (SSSR count). The molecule has 0 fully saturated rings. The Morgan fingerprint density at radius 3 is 2.74 bits per heavy atom. The summed E-state index contributed by atoms with van der Waals surface area (Å²) in [6.07, 6.45) is 7.08. The molecule has 2 heterocycles. The molecular weight excluding hydrogens is 236 g/mol. The number of benzene rings is 1. The monoisotopic (exact) mass is 254 g/mol. The summed E-state index contributed by atoms with van der Waals surface area (Å²) in [6, 6.07) is 10.3. The molecule has 2 aliphatic rings. The maximum atomic E-state index is 12.2. The van der Waals surface area contributed by atoms with Gasteiger partial charge in [0.25, 0.3) is 0 Å². The number of nitrogens with one attached hydrogen (secondary N) is 1. The van der Waals surface area contributed by atoms with Gasteiger partial charge in [0.15, 0.2) is 0 Å². The molecule has 3 heteroatoms.